The molecule has 0 unspecified atom stereocenters. The Morgan fingerprint density at radius 1 is 1.08 bits per heavy atom. The molecule has 1 aromatic heterocycles. The number of nitrogens with zero attached hydrogens (tertiary/aromatic N) is 3. The zero-order valence-electron chi connectivity index (χ0n) is 14.1. The number of aromatic nitrogens is 1. The van der Waals surface area contributed by atoms with Crippen LogP contribution in [-0.4, -0.2) is 38.7 Å². The summed E-state index contributed by atoms with van der Waals surface area (Å²) in [4.78, 5) is 44.2. The van der Waals surface area contributed by atoms with Crippen LogP contribution in [0.3, 0.4) is 0 Å². The van der Waals surface area contributed by atoms with Crippen molar-refractivity contribution in [2.24, 2.45) is 0 Å². The lowest BCUT2D eigenvalue weighted by atomic mass is 10.1. The van der Waals surface area contributed by atoms with Crippen molar-refractivity contribution in [3.05, 3.63) is 41.6 Å². The summed E-state index contributed by atoms with van der Waals surface area (Å²) in [5.41, 5.74) is 2.45. The molecule has 1 aliphatic carbocycles. The number of hydrogen-bond donors (Lipinski definition) is 0. The van der Waals surface area contributed by atoms with Crippen molar-refractivity contribution in [2.45, 2.75) is 45.2 Å². The molecule has 0 spiro atoms. The summed E-state index contributed by atoms with van der Waals surface area (Å²) in [7, 11) is 0. The van der Waals surface area contributed by atoms with Crippen molar-refractivity contribution >= 4 is 28.7 Å². The first-order chi connectivity index (χ1) is 12.1. The second kappa shape index (κ2) is 5.95. The van der Waals surface area contributed by atoms with E-state index in [9.17, 15) is 14.4 Å². The first-order valence-corrected chi connectivity index (χ1v) is 8.60. The van der Waals surface area contributed by atoms with Gasteiger partial charge in [0.2, 0.25) is 0 Å². The molecule has 1 aromatic carbocycles. The predicted molar refractivity (Wildman–Crippen MR) is 91.5 cm³/mol. The third kappa shape index (κ3) is 2.58. The molecule has 2 heterocycles. The van der Waals surface area contributed by atoms with Gasteiger partial charge in [-0.15, -0.1) is 0 Å². The SMILES string of the molecule is Cc1cc(CN2C(=O)C(=O)N(C3CCCC3)C2=O)c2ccccc2n1. The topological polar surface area (TPSA) is 70.6 Å². The lowest BCUT2D eigenvalue weighted by molar-refractivity contribution is -0.144. The molecule has 0 radical (unpaired) electrons. The van der Waals surface area contributed by atoms with Crippen molar-refractivity contribution in [3.8, 4) is 0 Å². The Hall–Kier alpha value is -2.76. The highest BCUT2D eigenvalue weighted by Crippen LogP contribution is 2.29. The highest BCUT2D eigenvalue weighted by atomic mass is 16.2. The van der Waals surface area contributed by atoms with E-state index in [0.717, 1.165) is 52.7 Å². The van der Waals surface area contributed by atoms with Crippen LogP contribution in [0, 0.1) is 6.92 Å². The summed E-state index contributed by atoms with van der Waals surface area (Å²) in [6, 6.07) is 8.85. The normalized spacial score (nSPS) is 18.8. The first kappa shape index (κ1) is 15.7. The Morgan fingerprint density at radius 2 is 1.80 bits per heavy atom. The fourth-order valence-corrected chi connectivity index (χ4v) is 3.84. The second-order valence-electron chi connectivity index (χ2n) is 6.73. The van der Waals surface area contributed by atoms with Gasteiger partial charge in [-0.05, 0) is 37.5 Å². The largest absolute Gasteiger partial charge is 0.334 e. The van der Waals surface area contributed by atoms with Crippen LogP contribution in [0.5, 0.6) is 0 Å². The van der Waals surface area contributed by atoms with Gasteiger partial charge in [0.15, 0.2) is 0 Å². The molecular formula is C19H19N3O3. The minimum atomic E-state index is -0.726. The minimum Gasteiger partial charge on any atom is -0.263 e. The third-order valence-electron chi connectivity index (χ3n) is 5.03. The number of aryl methyl sites for hydroxylation is 1. The van der Waals surface area contributed by atoms with Gasteiger partial charge in [-0.2, -0.15) is 0 Å². The molecule has 25 heavy (non-hydrogen) atoms. The van der Waals surface area contributed by atoms with E-state index in [1.54, 1.807) is 0 Å². The van der Waals surface area contributed by atoms with Crippen molar-refractivity contribution in [1.29, 1.82) is 0 Å². The molecule has 1 saturated heterocycles. The molecule has 2 aromatic rings. The van der Waals surface area contributed by atoms with Gasteiger partial charge in [0, 0.05) is 17.1 Å². The van der Waals surface area contributed by atoms with Gasteiger partial charge >= 0.3 is 17.8 Å². The van der Waals surface area contributed by atoms with Gasteiger partial charge in [-0.25, -0.2) is 4.79 Å². The maximum absolute atomic E-state index is 12.7. The van der Waals surface area contributed by atoms with Crippen LogP contribution >= 0.6 is 0 Å². The smallest absolute Gasteiger partial charge is 0.263 e. The Morgan fingerprint density at radius 3 is 2.56 bits per heavy atom. The molecule has 1 aliphatic heterocycles. The van der Waals surface area contributed by atoms with Crippen molar-refractivity contribution in [2.75, 3.05) is 0 Å². The standard InChI is InChI=1S/C19H19N3O3/c1-12-10-13(15-8-4-5-9-16(15)20-12)11-21-17(23)18(24)22(19(21)25)14-6-2-3-7-14/h4-5,8-10,14H,2-3,6-7,11H2,1H3. The van der Waals surface area contributed by atoms with Gasteiger partial charge < -0.3 is 0 Å². The molecule has 2 fully saturated rings. The predicted octanol–water partition coefficient (Wildman–Crippen LogP) is 2.78. The maximum atomic E-state index is 12.7. The number of para-hydroxylation sites is 1. The van der Waals surface area contributed by atoms with E-state index in [1.807, 2.05) is 37.3 Å². The van der Waals surface area contributed by atoms with Crippen LogP contribution in [0.4, 0.5) is 4.79 Å². The molecule has 128 valence electrons. The molecule has 6 heteroatoms. The second-order valence-corrected chi connectivity index (χ2v) is 6.73. The monoisotopic (exact) mass is 337 g/mol. The van der Waals surface area contributed by atoms with E-state index in [-0.39, 0.29) is 12.6 Å². The summed E-state index contributed by atoms with van der Waals surface area (Å²) in [6.07, 6.45) is 3.56. The summed E-state index contributed by atoms with van der Waals surface area (Å²) >= 11 is 0. The average Bonchev–Trinajstić information content (AvgIpc) is 3.18. The highest BCUT2D eigenvalue weighted by Gasteiger charge is 2.48. The number of imide groups is 2. The zero-order valence-corrected chi connectivity index (χ0v) is 14.1. The zero-order chi connectivity index (χ0) is 17.6. The highest BCUT2D eigenvalue weighted by molar-refractivity contribution is 6.44. The summed E-state index contributed by atoms with van der Waals surface area (Å²) in [6.45, 7) is 1.97. The molecule has 1 saturated carbocycles. The number of pyridine rings is 1. The number of hydrogen-bond acceptors (Lipinski definition) is 4. The number of fused-ring (bicyclic) bond motifs is 1. The maximum Gasteiger partial charge on any atom is 0.334 e. The number of carbonyl (C=O) groups excluding carboxylic acids is 3. The molecule has 0 bridgehead atoms. The van der Waals surface area contributed by atoms with Crippen LogP contribution in [0.25, 0.3) is 10.9 Å². The Kier molecular flexibility index (Phi) is 3.75. The van der Waals surface area contributed by atoms with E-state index in [1.165, 1.54) is 4.90 Å². The number of urea groups is 1. The number of carbonyl (C=O) groups is 3. The van der Waals surface area contributed by atoms with E-state index in [2.05, 4.69) is 4.98 Å². The molecule has 4 amide bonds. The van der Waals surface area contributed by atoms with Gasteiger partial charge in [0.05, 0.1) is 12.1 Å². The number of amides is 4. The van der Waals surface area contributed by atoms with Crippen molar-refractivity contribution < 1.29 is 14.4 Å². The molecule has 2 aliphatic rings. The minimum absolute atomic E-state index is 0.0937. The van der Waals surface area contributed by atoms with E-state index >= 15 is 0 Å². The summed E-state index contributed by atoms with van der Waals surface area (Å²) < 4.78 is 0. The van der Waals surface area contributed by atoms with Gasteiger partial charge in [-0.1, -0.05) is 31.0 Å². The van der Waals surface area contributed by atoms with E-state index in [4.69, 9.17) is 0 Å². The van der Waals surface area contributed by atoms with E-state index < -0.39 is 17.8 Å². The summed E-state index contributed by atoms with van der Waals surface area (Å²) in [5, 5.41) is 0.889. The molecule has 0 atom stereocenters. The van der Waals surface area contributed by atoms with Crippen LogP contribution in [0.15, 0.2) is 30.3 Å². The van der Waals surface area contributed by atoms with Gasteiger partial charge in [0.1, 0.15) is 0 Å². The van der Waals surface area contributed by atoms with E-state index in [0.29, 0.717) is 0 Å². The van der Waals surface area contributed by atoms with Crippen LogP contribution in [0.2, 0.25) is 0 Å². The van der Waals surface area contributed by atoms with Gasteiger partial charge in [-0.3, -0.25) is 24.4 Å². The van der Waals surface area contributed by atoms with Crippen LogP contribution in [-0.2, 0) is 16.1 Å². The Labute approximate surface area is 145 Å². The van der Waals surface area contributed by atoms with Gasteiger partial charge in [0.25, 0.3) is 0 Å². The first-order valence-electron chi connectivity index (χ1n) is 8.60. The molecule has 0 N–H and O–H groups in total. The third-order valence-corrected chi connectivity index (χ3v) is 5.03. The Bertz CT molecular complexity index is 887. The Balaban J connectivity index is 1.68. The fourth-order valence-electron chi connectivity index (χ4n) is 3.84. The summed E-state index contributed by atoms with van der Waals surface area (Å²) in [5.74, 6) is -1.41. The molecule has 6 nitrogen and oxygen atoms in total. The van der Waals surface area contributed by atoms with Crippen LogP contribution < -0.4 is 0 Å². The molecule has 4 rings (SSSR count). The number of rotatable bonds is 3. The van der Waals surface area contributed by atoms with Crippen LogP contribution in [0.1, 0.15) is 36.9 Å². The van der Waals surface area contributed by atoms with Crippen molar-refractivity contribution in [3.63, 3.8) is 0 Å². The van der Waals surface area contributed by atoms with Crippen molar-refractivity contribution in [1.82, 2.24) is 14.8 Å². The lowest BCUT2D eigenvalue weighted by Crippen LogP contribution is -2.39. The lowest BCUT2D eigenvalue weighted by Gasteiger charge is -2.21. The number of benzene rings is 1. The quantitative estimate of drug-likeness (QED) is 0.638. The molecular weight excluding hydrogens is 318 g/mol. The average molecular weight is 337 g/mol. The fraction of sp³-hybridized carbons (Fsp3) is 0.368.